The van der Waals surface area contributed by atoms with Gasteiger partial charge in [0.15, 0.2) is 5.69 Å². The molecule has 102 valence electrons. The van der Waals surface area contributed by atoms with Gasteiger partial charge < -0.3 is 5.32 Å². The van der Waals surface area contributed by atoms with Crippen LogP contribution in [0, 0.1) is 0 Å². The molecule has 6 nitrogen and oxygen atoms in total. The molecule has 7 heteroatoms. The van der Waals surface area contributed by atoms with Crippen LogP contribution >= 0.6 is 11.6 Å². The van der Waals surface area contributed by atoms with Crippen molar-refractivity contribution in [1.29, 1.82) is 0 Å². The van der Waals surface area contributed by atoms with E-state index < -0.39 is 0 Å². The molecule has 0 saturated heterocycles. The van der Waals surface area contributed by atoms with Crippen molar-refractivity contribution in [3.8, 4) is 0 Å². The topological polar surface area (TPSA) is 64.7 Å². The summed E-state index contributed by atoms with van der Waals surface area (Å²) in [5, 5.41) is 11.4. The minimum atomic E-state index is -0.290. The van der Waals surface area contributed by atoms with E-state index in [2.05, 4.69) is 15.5 Å². The number of nitrogens with zero attached hydrogens (tertiary/aromatic N) is 4. The van der Waals surface area contributed by atoms with E-state index in [4.69, 9.17) is 11.6 Å². The van der Waals surface area contributed by atoms with Crippen molar-refractivity contribution in [2.75, 3.05) is 0 Å². The van der Waals surface area contributed by atoms with E-state index in [1.54, 1.807) is 19.4 Å². The third-order valence-electron chi connectivity index (χ3n) is 2.84. The first-order valence-corrected chi connectivity index (χ1v) is 6.42. The van der Waals surface area contributed by atoms with Gasteiger partial charge in [0, 0.05) is 26.0 Å². The molecule has 1 unspecified atom stereocenters. The van der Waals surface area contributed by atoms with E-state index in [-0.39, 0.29) is 17.6 Å². The van der Waals surface area contributed by atoms with Gasteiger partial charge in [0.2, 0.25) is 0 Å². The Morgan fingerprint density at radius 2 is 2.32 bits per heavy atom. The number of hydrogen-bond donors (Lipinski definition) is 1. The van der Waals surface area contributed by atoms with E-state index in [0.29, 0.717) is 5.02 Å². The third-order valence-corrected chi connectivity index (χ3v) is 3.12. The predicted octanol–water partition coefficient (Wildman–Crippen LogP) is 1.78. The first-order chi connectivity index (χ1) is 9.02. The zero-order chi connectivity index (χ0) is 14.0. The smallest absolute Gasteiger partial charge is 0.273 e. The van der Waals surface area contributed by atoms with E-state index in [0.717, 1.165) is 12.2 Å². The van der Waals surface area contributed by atoms with Crippen LogP contribution < -0.4 is 5.32 Å². The second-order valence-corrected chi connectivity index (χ2v) is 4.67. The normalized spacial score (nSPS) is 12.4. The molecule has 1 atom stereocenters. The van der Waals surface area contributed by atoms with Crippen LogP contribution in [0.25, 0.3) is 0 Å². The van der Waals surface area contributed by atoms with Crippen molar-refractivity contribution in [3.05, 3.63) is 34.9 Å². The summed E-state index contributed by atoms with van der Waals surface area (Å²) in [7, 11) is 1.72. The SMILES string of the molecule is CCn1nccc1C(C)NC(=O)c1nn(C)cc1Cl. The fourth-order valence-corrected chi connectivity index (χ4v) is 2.19. The Labute approximate surface area is 116 Å². The highest BCUT2D eigenvalue weighted by Gasteiger charge is 2.19. The van der Waals surface area contributed by atoms with Crippen molar-refractivity contribution in [2.45, 2.75) is 26.4 Å². The van der Waals surface area contributed by atoms with Gasteiger partial charge in [0.1, 0.15) is 0 Å². The largest absolute Gasteiger partial charge is 0.343 e. The summed E-state index contributed by atoms with van der Waals surface area (Å²) in [5.74, 6) is -0.290. The Hall–Kier alpha value is -1.82. The maximum absolute atomic E-state index is 12.1. The number of rotatable bonds is 4. The molecule has 2 heterocycles. The predicted molar refractivity (Wildman–Crippen MR) is 72.0 cm³/mol. The lowest BCUT2D eigenvalue weighted by molar-refractivity contribution is 0.0932. The Morgan fingerprint density at radius 1 is 1.58 bits per heavy atom. The molecule has 0 aliphatic rings. The molecule has 0 aliphatic carbocycles. The van der Waals surface area contributed by atoms with Gasteiger partial charge >= 0.3 is 0 Å². The highest BCUT2D eigenvalue weighted by atomic mass is 35.5. The molecule has 1 amide bonds. The van der Waals surface area contributed by atoms with Crippen LogP contribution in [0.4, 0.5) is 0 Å². The summed E-state index contributed by atoms with van der Waals surface area (Å²) < 4.78 is 3.35. The molecule has 0 fully saturated rings. The lowest BCUT2D eigenvalue weighted by atomic mass is 10.2. The van der Waals surface area contributed by atoms with Gasteiger partial charge in [-0.15, -0.1) is 0 Å². The summed E-state index contributed by atoms with van der Waals surface area (Å²) >= 11 is 5.95. The molecule has 0 aromatic carbocycles. The molecule has 0 aliphatic heterocycles. The van der Waals surface area contributed by atoms with E-state index in [1.165, 1.54) is 4.68 Å². The number of aryl methyl sites for hydroxylation is 2. The van der Waals surface area contributed by atoms with Crippen molar-refractivity contribution in [1.82, 2.24) is 24.9 Å². The second kappa shape index (κ2) is 5.44. The van der Waals surface area contributed by atoms with Crippen LogP contribution in [0.2, 0.25) is 5.02 Å². The molecular weight excluding hydrogens is 266 g/mol. The number of hydrogen-bond acceptors (Lipinski definition) is 3. The number of carbonyl (C=O) groups is 1. The number of aromatic nitrogens is 4. The molecule has 19 heavy (non-hydrogen) atoms. The average Bonchev–Trinajstić information content (AvgIpc) is 2.95. The maximum atomic E-state index is 12.1. The molecule has 0 spiro atoms. The molecule has 0 saturated carbocycles. The fraction of sp³-hybridized carbons (Fsp3) is 0.417. The van der Waals surface area contributed by atoms with E-state index in [9.17, 15) is 4.79 Å². The molecule has 2 aromatic heterocycles. The zero-order valence-electron chi connectivity index (χ0n) is 11.1. The van der Waals surface area contributed by atoms with Gasteiger partial charge in [-0.2, -0.15) is 10.2 Å². The van der Waals surface area contributed by atoms with Crippen molar-refractivity contribution in [3.63, 3.8) is 0 Å². The first-order valence-electron chi connectivity index (χ1n) is 6.04. The second-order valence-electron chi connectivity index (χ2n) is 4.27. The summed E-state index contributed by atoms with van der Waals surface area (Å²) in [4.78, 5) is 12.1. The van der Waals surface area contributed by atoms with Gasteiger partial charge in [-0.25, -0.2) is 0 Å². The van der Waals surface area contributed by atoms with Crippen LogP contribution in [-0.4, -0.2) is 25.5 Å². The van der Waals surface area contributed by atoms with Gasteiger partial charge in [0.25, 0.3) is 5.91 Å². The van der Waals surface area contributed by atoms with Gasteiger partial charge in [0.05, 0.1) is 16.8 Å². The van der Waals surface area contributed by atoms with Crippen LogP contribution in [-0.2, 0) is 13.6 Å². The molecular formula is C12H16ClN5O. The van der Waals surface area contributed by atoms with Crippen molar-refractivity contribution >= 4 is 17.5 Å². The van der Waals surface area contributed by atoms with E-state index >= 15 is 0 Å². The Morgan fingerprint density at radius 3 is 2.89 bits per heavy atom. The summed E-state index contributed by atoms with van der Waals surface area (Å²) in [5.41, 5.74) is 1.18. The van der Waals surface area contributed by atoms with Crippen molar-refractivity contribution in [2.24, 2.45) is 7.05 Å². The Bertz CT molecular complexity index is 589. The van der Waals surface area contributed by atoms with Crippen LogP contribution in [0.1, 0.15) is 36.1 Å². The zero-order valence-corrected chi connectivity index (χ0v) is 11.8. The summed E-state index contributed by atoms with van der Waals surface area (Å²) in [6.07, 6.45) is 3.31. The molecule has 0 bridgehead atoms. The minimum Gasteiger partial charge on any atom is -0.343 e. The third kappa shape index (κ3) is 2.78. The van der Waals surface area contributed by atoms with Gasteiger partial charge in [-0.05, 0) is 19.9 Å². The van der Waals surface area contributed by atoms with E-state index in [1.807, 2.05) is 24.6 Å². The van der Waals surface area contributed by atoms with Crippen LogP contribution in [0.5, 0.6) is 0 Å². The lowest BCUT2D eigenvalue weighted by Crippen LogP contribution is -2.29. The first kappa shape index (κ1) is 13.6. The Balaban J connectivity index is 2.13. The molecule has 2 aromatic rings. The molecule has 2 rings (SSSR count). The van der Waals surface area contributed by atoms with Gasteiger partial charge in [-0.3, -0.25) is 14.2 Å². The number of nitrogens with one attached hydrogen (secondary N) is 1. The van der Waals surface area contributed by atoms with Crippen molar-refractivity contribution < 1.29 is 4.79 Å². The molecule has 1 N–H and O–H groups in total. The van der Waals surface area contributed by atoms with Crippen LogP contribution in [0.3, 0.4) is 0 Å². The van der Waals surface area contributed by atoms with Gasteiger partial charge in [-0.1, -0.05) is 11.6 Å². The lowest BCUT2D eigenvalue weighted by Gasteiger charge is -2.14. The summed E-state index contributed by atoms with van der Waals surface area (Å²) in [6.45, 7) is 4.66. The standard InChI is InChI=1S/C12H16ClN5O/c1-4-18-10(5-6-14-18)8(2)15-12(19)11-9(13)7-17(3)16-11/h5-8H,4H2,1-3H3,(H,15,19). The minimum absolute atomic E-state index is 0.159. The number of carbonyl (C=O) groups excluding carboxylic acids is 1. The summed E-state index contributed by atoms with van der Waals surface area (Å²) in [6, 6.07) is 1.72. The highest BCUT2D eigenvalue weighted by molar-refractivity contribution is 6.33. The quantitative estimate of drug-likeness (QED) is 0.929. The Kier molecular flexibility index (Phi) is 3.90. The number of amides is 1. The molecule has 0 radical (unpaired) electrons. The maximum Gasteiger partial charge on any atom is 0.273 e. The van der Waals surface area contributed by atoms with Crippen LogP contribution in [0.15, 0.2) is 18.5 Å². The monoisotopic (exact) mass is 281 g/mol. The average molecular weight is 282 g/mol. The number of halogens is 1. The highest BCUT2D eigenvalue weighted by Crippen LogP contribution is 2.16. The fourth-order valence-electron chi connectivity index (χ4n) is 1.93.